The van der Waals surface area contributed by atoms with E-state index >= 15 is 0 Å². The van der Waals surface area contributed by atoms with Crippen molar-refractivity contribution in [3.63, 3.8) is 0 Å². The molecular weight excluding hydrogens is 310 g/mol. The number of benzene rings is 2. The van der Waals surface area contributed by atoms with Crippen LogP contribution in [-0.4, -0.2) is 24.8 Å². The van der Waals surface area contributed by atoms with Gasteiger partial charge in [-0.3, -0.25) is 4.90 Å². The Labute approximate surface area is 148 Å². The van der Waals surface area contributed by atoms with Crippen LogP contribution in [0.4, 0.5) is 0 Å². The minimum absolute atomic E-state index is 0.179. The molecule has 2 aliphatic rings. The average molecular weight is 333 g/mol. The van der Waals surface area contributed by atoms with Gasteiger partial charge in [0.2, 0.25) is 0 Å². The molecule has 2 aromatic carbocycles. The van der Waals surface area contributed by atoms with Gasteiger partial charge >= 0.3 is 0 Å². The highest BCUT2D eigenvalue weighted by Crippen LogP contribution is 2.55. The van der Waals surface area contributed by atoms with Crippen molar-refractivity contribution in [2.24, 2.45) is 0 Å². The quantitative estimate of drug-likeness (QED) is 0.771. The van der Waals surface area contributed by atoms with E-state index in [2.05, 4.69) is 41.8 Å². The van der Waals surface area contributed by atoms with Gasteiger partial charge in [0.25, 0.3) is 0 Å². The second-order valence-electron chi connectivity index (χ2n) is 7.17. The Morgan fingerprint density at radius 3 is 2.60 bits per heavy atom. The molecule has 0 N–H and O–H groups in total. The average Bonchev–Trinajstić information content (AvgIpc) is 3.42. The molecule has 3 heteroatoms. The third kappa shape index (κ3) is 2.79. The molecule has 1 unspecified atom stereocenters. The molecule has 25 heavy (non-hydrogen) atoms. The van der Waals surface area contributed by atoms with Gasteiger partial charge in [-0.25, -0.2) is 0 Å². The van der Waals surface area contributed by atoms with Crippen LogP contribution in [0.1, 0.15) is 41.1 Å². The van der Waals surface area contributed by atoms with Gasteiger partial charge in [-0.15, -0.1) is 0 Å². The largest absolute Gasteiger partial charge is 0.497 e. The van der Waals surface area contributed by atoms with Crippen molar-refractivity contribution in [1.29, 1.82) is 0 Å². The summed E-state index contributed by atoms with van der Waals surface area (Å²) in [4.78, 5) is 14.2. The Balaban J connectivity index is 1.67. The number of methoxy groups -OCH3 is 1. The summed E-state index contributed by atoms with van der Waals surface area (Å²) >= 11 is 0. The minimum Gasteiger partial charge on any atom is -0.497 e. The lowest BCUT2D eigenvalue weighted by Gasteiger charge is -2.39. The van der Waals surface area contributed by atoms with E-state index in [-0.39, 0.29) is 11.5 Å². The number of hydrogen-bond acceptors (Lipinski definition) is 3. The molecule has 4 rings (SSSR count). The zero-order valence-corrected chi connectivity index (χ0v) is 14.6. The molecule has 3 nitrogen and oxygen atoms in total. The number of nitrogens with zero attached hydrogens (tertiary/aromatic N) is 1. The van der Waals surface area contributed by atoms with Gasteiger partial charge in [-0.05, 0) is 47.2 Å². The first-order valence-electron chi connectivity index (χ1n) is 8.78. The summed E-state index contributed by atoms with van der Waals surface area (Å²) in [6.07, 6.45) is 5.37. The first-order chi connectivity index (χ1) is 12.2. The normalized spacial score (nSPS) is 20.8. The highest BCUT2D eigenvalue weighted by Gasteiger charge is 2.51. The maximum absolute atomic E-state index is 11.9. The van der Waals surface area contributed by atoms with Gasteiger partial charge in [-0.1, -0.05) is 43.0 Å². The number of carbonyl (C=O) groups is 1. The fourth-order valence-corrected chi connectivity index (χ4v) is 4.04. The molecule has 1 saturated carbocycles. The standard InChI is InChI=1S/C22H23NO2/c1-3-16-6-9-19-20(12-16)22(10-11-22)15-23(21(19)14-24)13-17-4-7-18(25-2)8-5-17/h3-9,12,14,21H,1,10-11,13,15H2,2H3. The number of hydrogen-bond donors (Lipinski definition) is 0. The van der Waals surface area contributed by atoms with E-state index in [1.165, 1.54) is 24.0 Å². The molecule has 1 spiro atoms. The number of aldehydes is 1. The van der Waals surface area contributed by atoms with Crippen molar-refractivity contribution in [3.05, 3.63) is 71.3 Å². The summed E-state index contributed by atoms with van der Waals surface area (Å²) in [5, 5.41) is 0. The van der Waals surface area contributed by atoms with Crippen LogP contribution in [0.3, 0.4) is 0 Å². The van der Waals surface area contributed by atoms with Crippen LogP contribution >= 0.6 is 0 Å². The summed E-state index contributed by atoms with van der Waals surface area (Å²) < 4.78 is 5.23. The topological polar surface area (TPSA) is 29.5 Å². The van der Waals surface area contributed by atoms with Crippen LogP contribution in [0.25, 0.3) is 6.08 Å². The van der Waals surface area contributed by atoms with Crippen LogP contribution in [0.5, 0.6) is 5.75 Å². The summed E-state index contributed by atoms with van der Waals surface area (Å²) in [5.41, 5.74) is 5.08. The van der Waals surface area contributed by atoms with E-state index < -0.39 is 0 Å². The predicted octanol–water partition coefficient (Wildman–Crippen LogP) is 4.13. The van der Waals surface area contributed by atoms with Gasteiger partial charge in [0.05, 0.1) is 13.2 Å². The second kappa shape index (κ2) is 6.16. The van der Waals surface area contributed by atoms with Crippen LogP contribution in [0.2, 0.25) is 0 Å². The molecule has 1 heterocycles. The lowest BCUT2D eigenvalue weighted by molar-refractivity contribution is -0.113. The Morgan fingerprint density at radius 2 is 2.00 bits per heavy atom. The van der Waals surface area contributed by atoms with Gasteiger partial charge < -0.3 is 9.53 Å². The molecule has 0 bridgehead atoms. The van der Waals surface area contributed by atoms with Crippen LogP contribution in [0, 0.1) is 0 Å². The number of rotatable bonds is 5. The number of ether oxygens (including phenoxy) is 1. The summed E-state index contributed by atoms with van der Waals surface area (Å²) in [7, 11) is 1.67. The molecule has 2 aromatic rings. The SMILES string of the molecule is C=Cc1ccc2c(c1)C1(CC1)CN(Cc1ccc(OC)cc1)C2C=O. The van der Waals surface area contributed by atoms with E-state index in [1.54, 1.807) is 7.11 Å². The third-order valence-electron chi connectivity index (χ3n) is 5.63. The van der Waals surface area contributed by atoms with Crippen LogP contribution in [0.15, 0.2) is 49.0 Å². The van der Waals surface area contributed by atoms with E-state index in [0.29, 0.717) is 0 Å². The molecule has 0 aromatic heterocycles. The molecule has 0 saturated heterocycles. The van der Waals surface area contributed by atoms with E-state index in [1.807, 2.05) is 18.2 Å². The Morgan fingerprint density at radius 1 is 1.24 bits per heavy atom. The van der Waals surface area contributed by atoms with Gasteiger partial charge in [0, 0.05) is 18.5 Å². The molecule has 0 radical (unpaired) electrons. The lowest BCUT2D eigenvalue weighted by Crippen LogP contribution is -2.41. The highest BCUT2D eigenvalue weighted by molar-refractivity contribution is 5.67. The fourth-order valence-electron chi connectivity index (χ4n) is 4.04. The van der Waals surface area contributed by atoms with E-state index in [9.17, 15) is 4.79 Å². The van der Waals surface area contributed by atoms with Crippen molar-refractivity contribution in [1.82, 2.24) is 4.90 Å². The highest BCUT2D eigenvalue weighted by atomic mass is 16.5. The van der Waals surface area contributed by atoms with Crippen LogP contribution in [-0.2, 0) is 16.8 Å². The number of carbonyl (C=O) groups excluding carboxylic acids is 1. The van der Waals surface area contributed by atoms with Crippen molar-refractivity contribution in [2.75, 3.05) is 13.7 Å². The van der Waals surface area contributed by atoms with Gasteiger partial charge in [0.1, 0.15) is 12.0 Å². The maximum atomic E-state index is 11.9. The molecule has 1 aliphatic carbocycles. The molecule has 1 fully saturated rings. The van der Waals surface area contributed by atoms with Crippen molar-refractivity contribution < 1.29 is 9.53 Å². The predicted molar refractivity (Wildman–Crippen MR) is 99.7 cm³/mol. The molecule has 128 valence electrons. The van der Waals surface area contributed by atoms with Crippen LogP contribution < -0.4 is 4.74 Å². The monoisotopic (exact) mass is 333 g/mol. The molecule has 1 aliphatic heterocycles. The number of fused-ring (bicyclic) bond motifs is 2. The fraction of sp³-hybridized carbons (Fsp3) is 0.318. The second-order valence-corrected chi connectivity index (χ2v) is 7.17. The molecular formula is C22H23NO2. The smallest absolute Gasteiger partial charge is 0.141 e. The summed E-state index contributed by atoms with van der Waals surface area (Å²) in [6.45, 7) is 5.60. The summed E-state index contributed by atoms with van der Waals surface area (Å²) in [5.74, 6) is 0.857. The zero-order valence-electron chi connectivity index (χ0n) is 14.6. The van der Waals surface area contributed by atoms with Gasteiger partial charge in [-0.2, -0.15) is 0 Å². The van der Waals surface area contributed by atoms with E-state index in [0.717, 1.165) is 36.3 Å². The summed E-state index contributed by atoms with van der Waals surface area (Å²) in [6, 6.07) is 14.4. The third-order valence-corrected chi connectivity index (χ3v) is 5.63. The Hall–Kier alpha value is -2.39. The maximum Gasteiger partial charge on any atom is 0.141 e. The van der Waals surface area contributed by atoms with E-state index in [4.69, 9.17) is 4.74 Å². The molecule has 1 atom stereocenters. The minimum atomic E-state index is -0.179. The molecule has 0 amide bonds. The first kappa shape index (κ1) is 16.1. The van der Waals surface area contributed by atoms with Crippen molar-refractivity contribution in [2.45, 2.75) is 30.8 Å². The van der Waals surface area contributed by atoms with Crippen molar-refractivity contribution in [3.8, 4) is 5.75 Å². The van der Waals surface area contributed by atoms with Gasteiger partial charge in [0.15, 0.2) is 0 Å². The first-order valence-corrected chi connectivity index (χ1v) is 8.78. The van der Waals surface area contributed by atoms with Crippen molar-refractivity contribution >= 4 is 12.4 Å². The Kier molecular flexibility index (Phi) is 3.97. The Bertz CT molecular complexity index is 805. The lowest BCUT2D eigenvalue weighted by atomic mass is 9.82. The zero-order chi connectivity index (χ0) is 17.4.